The van der Waals surface area contributed by atoms with Gasteiger partial charge < -0.3 is 5.32 Å². The summed E-state index contributed by atoms with van der Waals surface area (Å²) in [5.41, 5.74) is 1.58. The molecule has 20 heavy (non-hydrogen) atoms. The summed E-state index contributed by atoms with van der Waals surface area (Å²) in [6.45, 7) is 0. The Bertz CT molecular complexity index is 664. The minimum Gasteiger partial charge on any atom is -0.319 e. The Morgan fingerprint density at radius 1 is 1.40 bits per heavy atom. The highest BCUT2D eigenvalue weighted by Gasteiger charge is 2.28. The summed E-state index contributed by atoms with van der Waals surface area (Å²) in [6.07, 6.45) is 2.58. The van der Waals surface area contributed by atoms with Gasteiger partial charge in [-0.05, 0) is 30.5 Å². The number of carbonyl (C=O) groups excluding carboxylic acids is 1. The van der Waals surface area contributed by atoms with Crippen molar-refractivity contribution in [2.24, 2.45) is 0 Å². The largest absolute Gasteiger partial charge is 0.319 e. The third-order valence-electron chi connectivity index (χ3n) is 3.16. The molecule has 1 aliphatic carbocycles. The van der Waals surface area contributed by atoms with Gasteiger partial charge in [0.15, 0.2) is 0 Å². The maximum Gasteiger partial charge on any atom is 0.295 e. The van der Waals surface area contributed by atoms with Crippen molar-refractivity contribution in [2.75, 3.05) is 5.32 Å². The lowest BCUT2D eigenvalue weighted by Crippen LogP contribution is -2.13. The summed E-state index contributed by atoms with van der Waals surface area (Å²) in [5.74, 6) is 1.06. The molecule has 1 aromatic carbocycles. The number of anilines is 1. The van der Waals surface area contributed by atoms with E-state index in [0.717, 1.165) is 24.2 Å². The molecular formula is C14H13N5O. The number of nitriles is 1. The van der Waals surface area contributed by atoms with E-state index in [2.05, 4.69) is 26.6 Å². The summed E-state index contributed by atoms with van der Waals surface area (Å²) >= 11 is 0. The fraction of sp³-hybridized carbons (Fsp3) is 0.286. The average molecular weight is 267 g/mol. The first-order chi connectivity index (χ1) is 9.76. The first-order valence-electron chi connectivity index (χ1n) is 6.46. The molecule has 1 aromatic heterocycles. The molecule has 0 saturated heterocycles. The fourth-order valence-corrected chi connectivity index (χ4v) is 1.90. The van der Waals surface area contributed by atoms with E-state index in [9.17, 15) is 4.79 Å². The molecular weight excluding hydrogens is 254 g/mol. The van der Waals surface area contributed by atoms with Crippen molar-refractivity contribution in [3.63, 3.8) is 0 Å². The van der Waals surface area contributed by atoms with Crippen LogP contribution in [-0.2, 0) is 6.42 Å². The normalized spacial score (nSPS) is 13.8. The van der Waals surface area contributed by atoms with Crippen molar-refractivity contribution >= 4 is 11.6 Å². The number of benzene rings is 1. The Morgan fingerprint density at radius 2 is 2.15 bits per heavy atom. The first kappa shape index (κ1) is 12.4. The summed E-state index contributed by atoms with van der Waals surface area (Å²) in [6, 6.07) is 9.23. The standard InChI is InChI=1S/C14H13N5O/c15-8-7-9-1-5-11(6-2-9)16-14(20)13-17-12(18-19-13)10-3-4-10/h1-2,5-6,10H,3-4,7H2,(H,16,20)(H,17,18,19). The van der Waals surface area contributed by atoms with E-state index in [-0.39, 0.29) is 11.7 Å². The van der Waals surface area contributed by atoms with E-state index >= 15 is 0 Å². The molecule has 6 nitrogen and oxygen atoms in total. The molecule has 0 aliphatic heterocycles. The van der Waals surface area contributed by atoms with E-state index in [1.54, 1.807) is 12.1 Å². The number of hydrogen-bond donors (Lipinski definition) is 2. The van der Waals surface area contributed by atoms with E-state index in [1.165, 1.54) is 0 Å². The van der Waals surface area contributed by atoms with Crippen LogP contribution < -0.4 is 5.32 Å². The number of amides is 1. The fourth-order valence-electron chi connectivity index (χ4n) is 1.90. The second kappa shape index (κ2) is 5.13. The van der Waals surface area contributed by atoms with Gasteiger partial charge in [-0.15, -0.1) is 5.10 Å². The zero-order chi connectivity index (χ0) is 13.9. The molecule has 1 heterocycles. The van der Waals surface area contributed by atoms with Crippen molar-refractivity contribution in [2.45, 2.75) is 25.2 Å². The lowest BCUT2D eigenvalue weighted by atomic mass is 10.1. The van der Waals surface area contributed by atoms with Gasteiger partial charge in [-0.1, -0.05) is 12.1 Å². The molecule has 0 radical (unpaired) electrons. The van der Waals surface area contributed by atoms with Crippen LogP contribution in [0.2, 0.25) is 0 Å². The molecule has 1 saturated carbocycles. The van der Waals surface area contributed by atoms with Crippen molar-refractivity contribution in [3.05, 3.63) is 41.5 Å². The van der Waals surface area contributed by atoms with Gasteiger partial charge in [-0.3, -0.25) is 9.89 Å². The molecule has 100 valence electrons. The summed E-state index contributed by atoms with van der Waals surface area (Å²) < 4.78 is 0. The summed E-state index contributed by atoms with van der Waals surface area (Å²) in [5, 5.41) is 18.1. The van der Waals surface area contributed by atoms with E-state index in [0.29, 0.717) is 18.0 Å². The third kappa shape index (κ3) is 2.67. The minimum absolute atomic E-state index is 0.160. The summed E-state index contributed by atoms with van der Waals surface area (Å²) in [4.78, 5) is 16.2. The molecule has 2 N–H and O–H groups in total. The zero-order valence-corrected chi connectivity index (χ0v) is 10.8. The predicted octanol–water partition coefficient (Wildman–Crippen LogP) is 2.00. The highest BCUT2D eigenvalue weighted by atomic mass is 16.2. The van der Waals surface area contributed by atoms with Crippen LogP contribution in [0.1, 0.15) is 40.8 Å². The Morgan fingerprint density at radius 3 is 2.80 bits per heavy atom. The molecule has 0 atom stereocenters. The van der Waals surface area contributed by atoms with Gasteiger partial charge in [-0.25, -0.2) is 4.98 Å². The Hall–Kier alpha value is -2.68. The smallest absolute Gasteiger partial charge is 0.295 e. The number of aromatic nitrogens is 3. The van der Waals surface area contributed by atoms with Crippen LogP contribution in [0.15, 0.2) is 24.3 Å². The van der Waals surface area contributed by atoms with Crippen LogP contribution in [0.4, 0.5) is 5.69 Å². The number of rotatable bonds is 4. The van der Waals surface area contributed by atoms with Crippen LogP contribution in [0.3, 0.4) is 0 Å². The van der Waals surface area contributed by atoms with Gasteiger partial charge >= 0.3 is 0 Å². The Balaban J connectivity index is 1.66. The number of H-pyrrole nitrogens is 1. The van der Waals surface area contributed by atoms with E-state index < -0.39 is 0 Å². The van der Waals surface area contributed by atoms with Gasteiger partial charge in [0.25, 0.3) is 5.91 Å². The first-order valence-corrected chi connectivity index (χ1v) is 6.46. The molecule has 0 bridgehead atoms. The third-order valence-corrected chi connectivity index (χ3v) is 3.16. The molecule has 3 rings (SSSR count). The predicted molar refractivity (Wildman–Crippen MR) is 72.1 cm³/mol. The van der Waals surface area contributed by atoms with Gasteiger partial charge in [0, 0.05) is 11.6 Å². The van der Waals surface area contributed by atoms with Crippen molar-refractivity contribution in [1.82, 2.24) is 15.2 Å². The van der Waals surface area contributed by atoms with Crippen molar-refractivity contribution in [1.29, 1.82) is 5.26 Å². The zero-order valence-electron chi connectivity index (χ0n) is 10.8. The van der Waals surface area contributed by atoms with Crippen LogP contribution in [-0.4, -0.2) is 21.1 Å². The highest BCUT2D eigenvalue weighted by Crippen LogP contribution is 2.37. The molecule has 1 amide bonds. The average Bonchev–Trinajstić information content (AvgIpc) is 3.19. The monoisotopic (exact) mass is 267 g/mol. The molecule has 6 heteroatoms. The van der Waals surface area contributed by atoms with Crippen LogP contribution in [0.25, 0.3) is 0 Å². The molecule has 2 aromatic rings. The van der Waals surface area contributed by atoms with E-state index in [4.69, 9.17) is 5.26 Å². The van der Waals surface area contributed by atoms with Gasteiger partial charge in [0.2, 0.25) is 5.82 Å². The van der Waals surface area contributed by atoms with Crippen LogP contribution in [0, 0.1) is 11.3 Å². The number of carbonyl (C=O) groups is 1. The molecule has 0 unspecified atom stereocenters. The lowest BCUT2D eigenvalue weighted by Gasteiger charge is -2.02. The van der Waals surface area contributed by atoms with Crippen molar-refractivity contribution < 1.29 is 4.79 Å². The number of hydrogen-bond acceptors (Lipinski definition) is 4. The van der Waals surface area contributed by atoms with Crippen LogP contribution in [0.5, 0.6) is 0 Å². The Labute approximate surface area is 115 Å². The second-order valence-corrected chi connectivity index (χ2v) is 4.80. The van der Waals surface area contributed by atoms with Crippen LogP contribution >= 0.6 is 0 Å². The maximum absolute atomic E-state index is 12.0. The molecule has 1 aliphatic rings. The van der Waals surface area contributed by atoms with E-state index in [1.807, 2.05) is 12.1 Å². The van der Waals surface area contributed by atoms with Crippen molar-refractivity contribution in [3.8, 4) is 6.07 Å². The second-order valence-electron chi connectivity index (χ2n) is 4.80. The maximum atomic E-state index is 12.0. The van der Waals surface area contributed by atoms with Gasteiger partial charge in [0.05, 0.1) is 12.5 Å². The number of aromatic amines is 1. The topological polar surface area (TPSA) is 94.5 Å². The minimum atomic E-state index is -0.332. The molecule has 1 fully saturated rings. The quantitative estimate of drug-likeness (QED) is 0.885. The molecule has 0 spiro atoms. The number of nitrogens with one attached hydrogen (secondary N) is 2. The highest BCUT2D eigenvalue weighted by molar-refractivity contribution is 6.01. The Kier molecular flexibility index (Phi) is 3.17. The number of nitrogens with zero attached hydrogens (tertiary/aromatic N) is 3. The summed E-state index contributed by atoms with van der Waals surface area (Å²) in [7, 11) is 0. The SMILES string of the molecule is N#CCc1ccc(NC(=O)c2n[nH]c(C3CC3)n2)cc1. The van der Waals surface area contributed by atoms with Gasteiger partial charge in [-0.2, -0.15) is 5.26 Å². The lowest BCUT2D eigenvalue weighted by molar-refractivity contribution is 0.101. The van der Waals surface area contributed by atoms with Gasteiger partial charge in [0.1, 0.15) is 5.82 Å².